The molecule has 1 rings (SSSR count). The van der Waals surface area contributed by atoms with Crippen LogP contribution in [0, 0.1) is 19.3 Å². The van der Waals surface area contributed by atoms with Gasteiger partial charge in [0.15, 0.2) is 5.78 Å². The van der Waals surface area contributed by atoms with Crippen molar-refractivity contribution in [2.24, 2.45) is 5.41 Å². The molecule has 0 atom stereocenters. The van der Waals surface area contributed by atoms with Gasteiger partial charge in [0.05, 0.1) is 0 Å². The van der Waals surface area contributed by atoms with Crippen molar-refractivity contribution in [3.05, 3.63) is 34.9 Å². The van der Waals surface area contributed by atoms with Crippen molar-refractivity contribution in [3.63, 3.8) is 0 Å². The summed E-state index contributed by atoms with van der Waals surface area (Å²) in [4.78, 5) is 12.0. The Morgan fingerprint density at radius 1 is 1.14 bits per heavy atom. The lowest BCUT2D eigenvalue weighted by Crippen LogP contribution is -2.21. The van der Waals surface area contributed by atoms with Crippen LogP contribution in [0.2, 0.25) is 0 Å². The zero-order valence-electron chi connectivity index (χ0n) is 9.64. The molecular weight excluding hydrogens is 172 g/mol. The number of ketones is 1. The Hall–Kier alpha value is -1.11. The van der Waals surface area contributed by atoms with Crippen LogP contribution in [0.3, 0.4) is 0 Å². The standard InChI is InChI=1S/C13H18O/c1-9-6-7-11(10(2)8-9)12(14)13(3,4)5/h6-8H,1-5H3. The predicted molar refractivity (Wildman–Crippen MR) is 59.7 cm³/mol. The molecule has 0 saturated heterocycles. The Bertz CT molecular complexity index is 356. The van der Waals surface area contributed by atoms with Gasteiger partial charge < -0.3 is 0 Å². The van der Waals surface area contributed by atoms with E-state index < -0.39 is 0 Å². The van der Waals surface area contributed by atoms with E-state index in [-0.39, 0.29) is 11.2 Å². The minimum Gasteiger partial charge on any atom is -0.294 e. The molecule has 1 aromatic carbocycles. The zero-order chi connectivity index (χ0) is 10.9. The van der Waals surface area contributed by atoms with Crippen molar-refractivity contribution in [1.82, 2.24) is 0 Å². The molecular formula is C13H18O. The summed E-state index contributed by atoms with van der Waals surface area (Å²) >= 11 is 0. The van der Waals surface area contributed by atoms with E-state index in [0.29, 0.717) is 0 Å². The van der Waals surface area contributed by atoms with E-state index in [0.717, 1.165) is 11.1 Å². The third-order valence-corrected chi connectivity index (χ3v) is 2.31. The predicted octanol–water partition coefficient (Wildman–Crippen LogP) is 3.53. The number of hydrogen-bond donors (Lipinski definition) is 0. The largest absolute Gasteiger partial charge is 0.294 e. The summed E-state index contributed by atoms with van der Waals surface area (Å²) < 4.78 is 0. The Morgan fingerprint density at radius 3 is 2.14 bits per heavy atom. The van der Waals surface area contributed by atoms with Crippen molar-refractivity contribution in [2.75, 3.05) is 0 Å². The monoisotopic (exact) mass is 190 g/mol. The third-order valence-electron chi connectivity index (χ3n) is 2.31. The van der Waals surface area contributed by atoms with Crippen molar-refractivity contribution < 1.29 is 4.79 Å². The van der Waals surface area contributed by atoms with Gasteiger partial charge >= 0.3 is 0 Å². The van der Waals surface area contributed by atoms with Gasteiger partial charge in [-0.2, -0.15) is 0 Å². The van der Waals surface area contributed by atoms with Crippen LogP contribution in [0.1, 0.15) is 42.3 Å². The number of benzene rings is 1. The van der Waals surface area contributed by atoms with E-state index in [1.807, 2.05) is 46.8 Å². The first-order chi connectivity index (χ1) is 6.32. The Kier molecular flexibility index (Phi) is 2.79. The normalized spacial score (nSPS) is 11.5. The van der Waals surface area contributed by atoms with Crippen LogP contribution in [0.25, 0.3) is 0 Å². The highest BCUT2D eigenvalue weighted by Crippen LogP contribution is 2.23. The van der Waals surface area contributed by atoms with E-state index in [1.165, 1.54) is 5.56 Å². The number of hydrogen-bond acceptors (Lipinski definition) is 1. The van der Waals surface area contributed by atoms with Crippen LogP contribution in [-0.4, -0.2) is 5.78 Å². The maximum absolute atomic E-state index is 12.0. The Labute approximate surface area is 86.1 Å². The fourth-order valence-electron chi connectivity index (χ4n) is 1.47. The van der Waals surface area contributed by atoms with E-state index in [1.54, 1.807) is 0 Å². The van der Waals surface area contributed by atoms with Gasteiger partial charge in [-0.15, -0.1) is 0 Å². The maximum atomic E-state index is 12.0. The summed E-state index contributed by atoms with van der Waals surface area (Å²) in [6.07, 6.45) is 0. The first-order valence-electron chi connectivity index (χ1n) is 4.94. The van der Waals surface area contributed by atoms with Gasteiger partial charge in [0.25, 0.3) is 0 Å². The van der Waals surface area contributed by atoms with Crippen molar-refractivity contribution >= 4 is 5.78 Å². The fraction of sp³-hybridized carbons (Fsp3) is 0.462. The van der Waals surface area contributed by atoms with Crippen molar-refractivity contribution in [1.29, 1.82) is 0 Å². The zero-order valence-corrected chi connectivity index (χ0v) is 9.64. The Balaban J connectivity index is 3.15. The molecule has 0 spiro atoms. The molecule has 0 aromatic heterocycles. The molecule has 0 aliphatic heterocycles. The number of carbonyl (C=O) groups excluding carboxylic acids is 1. The highest BCUT2D eigenvalue weighted by Gasteiger charge is 2.23. The summed E-state index contributed by atoms with van der Waals surface area (Å²) in [6, 6.07) is 5.98. The molecule has 0 fully saturated rings. The highest BCUT2D eigenvalue weighted by atomic mass is 16.1. The van der Waals surface area contributed by atoms with Crippen LogP contribution in [0.4, 0.5) is 0 Å². The minimum absolute atomic E-state index is 0.218. The van der Waals surface area contributed by atoms with Gasteiger partial charge in [-0.1, -0.05) is 44.5 Å². The van der Waals surface area contributed by atoms with Gasteiger partial charge in [0.2, 0.25) is 0 Å². The second kappa shape index (κ2) is 3.56. The molecule has 0 bridgehead atoms. The minimum atomic E-state index is -0.292. The fourth-order valence-corrected chi connectivity index (χ4v) is 1.47. The lowest BCUT2D eigenvalue weighted by molar-refractivity contribution is 0.0857. The number of Topliss-reactive ketones (excluding diaryl/α,β-unsaturated/α-hetero) is 1. The first kappa shape index (κ1) is 11.0. The molecule has 14 heavy (non-hydrogen) atoms. The van der Waals surface area contributed by atoms with Crippen LogP contribution in [0.5, 0.6) is 0 Å². The summed E-state index contributed by atoms with van der Waals surface area (Å²) in [5.41, 5.74) is 2.83. The SMILES string of the molecule is Cc1ccc(C(=O)C(C)(C)C)c(C)c1. The quantitative estimate of drug-likeness (QED) is 0.619. The topological polar surface area (TPSA) is 17.1 Å². The van der Waals surface area contributed by atoms with Crippen LogP contribution in [-0.2, 0) is 0 Å². The van der Waals surface area contributed by atoms with Gasteiger partial charge in [0.1, 0.15) is 0 Å². The molecule has 0 heterocycles. The Morgan fingerprint density at radius 2 is 1.71 bits per heavy atom. The molecule has 0 saturated carbocycles. The number of rotatable bonds is 1. The highest BCUT2D eigenvalue weighted by molar-refractivity contribution is 6.01. The second-order valence-corrected chi connectivity index (χ2v) is 4.90. The van der Waals surface area contributed by atoms with Gasteiger partial charge in [-0.3, -0.25) is 4.79 Å². The van der Waals surface area contributed by atoms with E-state index >= 15 is 0 Å². The summed E-state index contributed by atoms with van der Waals surface area (Å²) in [5.74, 6) is 0.218. The van der Waals surface area contributed by atoms with Crippen LogP contribution < -0.4 is 0 Å². The molecule has 1 aromatic rings. The smallest absolute Gasteiger partial charge is 0.168 e. The molecule has 0 amide bonds. The molecule has 1 nitrogen and oxygen atoms in total. The number of aryl methyl sites for hydroxylation is 2. The lowest BCUT2D eigenvalue weighted by Gasteiger charge is -2.18. The van der Waals surface area contributed by atoms with Gasteiger partial charge in [-0.05, 0) is 19.4 Å². The van der Waals surface area contributed by atoms with E-state index in [4.69, 9.17) is 0 Å². The van der Waals surface area contributed by atoms with Gasteiger partial charge in [-0.25, -0.2) is 0 Å². The van der Waals surface area contributed by atoms with Crippen molar-refractivity contribution in [2.45, 2.75) is 34.6 Å². The third kappa shape index (κ3) is 2.22. The van der Waals surface area contributed by atoms with E-state index in [9.17, 15) is 4.79 Å². The van der Waals surface area contributed by atoms with Gasteiger partial charge in [0, 0.05) is 11.0 Å². The molecule has 76 valence electrons. The van der Waals surface area contributed by atoms with Crippen LogP contribution >= 0.6 is 0 Å². The summed E-state index contributed by atoms with van der Waals surface area (Å²) in [5, 5.41) is 0. The number of carbonyl (C=O) groups is 1. The molecule has 0 aliphatic carbocycles. The maximum Gasteiger partial charge on any atom is 0.168 e. The summed E-state index contributed by atoms with van der Waals surface area (Å²) in [7, 11) is 0. The van der Waals surface area contributed by atoms with Crippen LogP contribution in [0.15, 0.2) is 18.2 Å². The average molecular weight is 190 g/mol. The van der Waals surface area contributed by atoms with Crippen molar-refractivity contribution in [3.8, 4) is 0 Å². The lowest BCUT2D eigenvalue weighted by atomic mass is 9.84. The summed E-state index contributed by atoms with van der Waals surface area (Å²) in [6.45, 7) is 9.89. The molecule has 1 heteroatoms. The molecule has 0 unspecified atom stereocenters. The van der Waals surface area contributed by atoms with E-state index in [2.05, 4.69) is 6.07 Å². The molecule has 0 aliphatic rings. The first-order valence-corrected chi connectivity index (χ1v) is 4.94. The molecule has 0 radical (unpaired) electrons. The average Bonchev–Trinajstić information content (AvgIpc) is 2.01. The molecule has 0 N–H and O–H groups in total. The second-order valence-electron chi connectivity index (χ2n) is 4.90.